The summed E-state index contributed by atoms with van der Waals surface area (Å²) in [5.41, 5.74) is 0.0390. The molecule has 1 heterocycles. The van der Waals surface area contributed by atoms with Gasteiger partial charge in [0.05, 0.1) is 18.8 Å². The second-order valence-electron chi connectivity index (χ2n) is 7.05. The Morgan fingerprint density at radius 1 is 1.11 bits per heavy atom. The highest BCUT2D eigenvalue weighted by Crippen LogP contribution is 2.60. The zero-order chi connectivity index (χ0) is 12.3. The van der Waals surface area contributed by atoms with Gasteiger partial charge in [-0.2, -0.15) is 0 Å². The predicted molar refractivity (Wildman–Crippen MR) is 68.0 cm³/mol. The highest BCUT2D eigenvalue weighted by Gasteiger charge is 2.59. The Morgan fingerprint density at radius 2 is 1.72 bits per heavy atom. The number of morpholine rings is 1. The Morgan fingerprint density at radius 3 is 2.28 bits per heavy atom. The molecule has 0 radical (unpaired) electrons. The number of amides is 1. The van der Waals surface area contributed by atoms with Crippen molar-refractivity contribution < 1.29 is 9.53 Å². The van der Waals surface area contributed by atoms with Crippen molar-refractivity contribution in [1.29, 1.82) is 0 Å². The molecule has 1 aliphatic heterocycles. The van der Waals surface area contributed by atoms with Crippen molar-refractivity contribution in [2.24, 2.45) is 23.7 Å². The van der Waals surface area contributed by atoms with Gasteiger partial charge in [0.2, 0.25) is 5.91 Å². The number of hydrogen-bond donors (Lipinski definition) is 0. The van der Waals surface area contributed by atoms with E-state index in [4.69, 9.17) is 4.74 Å². The van der Waals surface area contributed by atoms with Crippen LogP contribution >= 0.6 is 0 Å². The Balaban J connectivity index is 1.64. The lowest BCUT2D eigenvalue weighted by atomic mass is 9.49. The van der Waals surface area contributed by atoms with Crippen molar-refractivity contribution in [2.45, 2.75) is 44.6 Å². The molecule has 1 spiro atoms. The monoisotopic (exact) mass is 249 g/mol. The molecule has 5 rings (SSSR count). The maximum atomic E-state index is 11.7. The highest BCUT2D eigenvalue weighted by atomic mass is 16.5. The van der Waals surface area contributed by atoms with Crippen molar-refractivity contribution in [3.8, 4) is 0 Å². The summed E-state index contributed by atoms with van der Waals surface area (Å²) in [6.07, 6.45) is 6.91. The summed E-state index contributed by atoms with van der Waals surface area (Å²) in [6, 6.07) is 0. The van der Waals surface area contributed by atoms with E-state index in [1.54, 1.807) is 6.92 Å². The SMILES string of the molecule is CC(=O)N1CCOC2(C1)C1CC3CC(C1)CC2C3. The fourth-order valence-electron chi connectivity index (χ4n) is 5.51. The molecule has 4 bridgehead atoms. The van der Waals surface area contributed by atoms with Gasteiger partial charge >= 0.3 is 0 Å². The maximum Gasteiger partial charge on any atom is 0.219 e. The van der Waals surface area contributed by atoms with Crippen molar-refractivity contribution in [3.05, 3.63) is 0 Å². The average Bonchev–Trinajstić information content (AvgIpc) is 2.35. The van der Waals surface area contributed by atoms with Crippen LogP contribution in [0.1, 0.15) is 39.0 Å². The fraction of sp³-hybridized carbons (Fsp3) is 0.933. The lowest BCUT2D eigenvalue weighted by molar-refractivity contribution is -0.232. The molecule has 0 aromatic carbocycles. The first kappa shape index (κ1) is 11.3. The summed E-state index contributed by atoms with van der Waals surface area (Å²) in [6.45, 7) is 4.12. The molecule has 3 heteroatoms. The Labute approximate surface area is 109 Å². The minimum Gasteiger partial charge on any atom is -0.371 e. The number of hydrogen-bond acceptors (Lipinski definition) is 2. The zero-order valence-electron chi connectivity index (χ0n) is 11.2. The topological polar surface area (TPSA) is 29.5 Å². The van der Waals surface area contributed by atoms with Crippen LogP contribution in [0.5, 0.6) is 0 Å². The van der Waals surface area contributed by atoms with E-state index in [0.717, 1.165) is 43.4 Å². The van der Waals surface area contributed by atoms with Crippen LogP contribution in [0.3, 0.4) is 0 Å². The normalized spacial score (nSPS) is 49.9. The van der Waals surface area contributed by atoms with Gasteiger partial charge in [0.15, 0.2) is 0 Å². The Kier molecular flexibility index (Phi) is 2.33. The van der Waals surface area contributed by atoms with Gasteiger partial charge in [-0.1, -0.05) is 0 Å². The number of carbonyl (C=O) groups is 1. The van der Waals surface area contributed by atoms with Gasteiger partial charge in [0, 0.05) is 13.5 Å². The largest absolute Gasteiger partial charge is 0.371 e. The molecule has 1 amide bonds. The van der Waals surface area contributed by atoms with Crippen LogP contribution in [0, 0.1) is 23.7 Å². The maximum absolute atomic E-state index is 11.7. The van der Waals surface area contributed by atoms with Gasteiger partial charge in [-0.15, -0.1) is 0 Å². The number of ether oxygens (including phenoxy) is 1. The summed E-state index contributed by atoms with van der Waals surface area (Å²) < 4.78 is 6.33. The molecule has 4 saturated carbocycles. The minimum absolute atomic E-state index is 0.0390. The number of carbonyl (C=O) groups excluding carboxylic acids is 1. The molecular weight excluding hydrogens is 226 g/mol. The van der Waals surface area contributed by atoms with Crippen molar-refractivity contribution in [2.75, 3.05) is 19.7 Å². The second kappa shape index (κ2) is 3.72. The summed E-state index contributed by atoms with van der Waals surface area (Å²) in [4.78, 5) is 13.7. The van der Waals surface area contributed by atoms with E-state index < -0.39 is 0 Å². The van der Waals surface area contributed by atoms with Gasteiger partial charge in [-0.25, -0.2) is 0 Å². The van der Waals surface area contributed by atoms with Crippen molar-refractivity contribution in [1.82, 2.24) is 4.90 Å². The van der Waals surface area contributed by atoms with E-state index in [1.165, 1.54) is 32.1 Å². The van der Waals surface area contributed by atoms with Crippen LogP contribution in [0.15, 0.2) is 0 Å². The first-order valence-electron chi connectivity index (χ1n) is 7.57. The molecule has 100 valence electrons. The summed E-state index contributed by atoms with van der Waals surface area (Å²) in [7, 11) is 0. The third-order valence-corrected chi connectivity index (χ3v) is 6.14. The van der Waals surface area contributed by atoms with E-state index in [-0.39, 0.29) is 11.5 Å². The molecule has 0 unspecified atom stereocenters. The molecule has 4 aliphatic carbocycles. The van der Waals surface area contributed by atoms with Gasteiger partial charge in [-0.05, 0) is 55.8 Å². The molecule has 1 saturated heterocycles. The average molecular weight is 249 g/mol. The van der Waals surface area contributed by atoms with E-state index in [2.05, 4.69) is 0 Å². The lowest BCUT2D eigenvalue weighted by Gasteiger charge is -2.62. The van der Waals surface area contributed by atoms with Crippen molar-refractivity contribution in [3.63, 3.8) is 0 Å². The molecule has 5 aliphatic rings. The smallest absolute Gasteiger partial charge is 0.219 e. The molecule has 18 heavy (non-hydrogen) atoms. The summed E-state index contributed by atoms with van der Waals surface area (Å²) in [5, 5.41) is 0. The van der Waals surface area contributed by atoms with Gasteiger partial charge in [-0.3, -0.25) is 4.79 Å². The molecule has 0 aromatic heterocycles. The van der Waals surface area contributed by atoms with E-state index in [0.29, 0.717) is 0 Å². The summed E-state index contributed by atoms with van der Waals surface area (Å²) in [5.74, 6) is 3.63. The van der Waals surface area contributed by atoms with E-state index in [1.807, 2.05) is 4.90 Å². The van der Waals surface area contributed by atoms with Gasteiger partial charge in [0.25, 0.3) is 0 Å². The molecule has 3 nitrogen and oxygen atoms in total. The number of nitrogens with zero attached hydrogens (tertiary/aromatic N) is 1. The third-order valence-electron chi connectivity index (χ3n) is 6.14. The summed E-state index contributed by atoms with van der Waals surface area (Å²) >= 11 is 0. The zero-order valence-corrected chi connectivity index (χ0v) is 11.2. The van der Waals surface area contributed by atoms with E-state index >= 15 is 0 Å². The predicted octanol–water partition coefficient (Wildman–Crippen LogP) is 2.06. The molecule has 5 fully saturated rings. The highest BCUT2D eigenvalue weighted by molar-refractivity contribution is 5.73. The van der Waals surface area contributed by atoms with E-state index in [9.17, 15) is 4.79 Å². The van der Waals surface area contributed by atoms with Crippen LogP contribution in [0.25, 0.3) is 0 Å². The standard InChI is InChI=1S/C15H23NO2/c1-10(17)16-2-3-18-15(9-16)13-5-11-4-12(7-13)8-14(15)6-11/h11-14H,2-9H2,1H3. The molecular formula is C15H23NO2. The molecule has 0 N–H and O–H groups in total. The van der Waals surface area contributed by atoms with Gasteiger partial charge in [0.1, 0.15) is 0 Å². The van der Waals surface area contributed by atoms with Crippen LogP contribution in [0.2, 0.25) is 0 Å². The van der Waals surface area contributed by atoms with Crippen molar-refractivity contribution >= 4 is 5.91 Å². The Hall–Kier alpha value is -0.570. The minimum atomic E-state index is 0.0390. The van der Waals surface area contributed by atoms with Gasteiger partial charge < -0.3 is 9.64 Å². The van der Waals surface area contributed by atoms with Crippen LogP contribution in [-0.2, 0) is 9.53 Å². The first-order chi connectivity index (χ1) is 8.67. The lowest BCUT2D eigenvalue weighted by Crippen LogP contribution is -2.66. The van der Waals surface area contributed by atoms with Crippen LogP contribution in [-0.4, -0.2) is 36.1 Å². The molecule has 0 atom stereocenters. The second-order valence-corrected chi connectivity index (χ2v) is 7.05. The number of rotatable bonds is 0. The van der Waals surface area contributed by atoms with Crippen LogP contribution < -0.4 is 0 Å². The molecule has 0 aromatic rings. The fourth-order valence-corrected chi connectivity index (χ4v) is 5.51. The quantitative estimate of drug-likeness (QED) is 0.657. The third kappa shape index (κ3) is 1.43. The van der Waals surface area contributed by atoms with Crippen LogP contribution in [0.4, 0.5) is 0 Å². The Bertz CT molecular complexity index is 351. The first-order valence-corrected chi connectivity index (χ1v) is 7.57.